The minimum Gasteiger partial charge on any atom is -0.495 e. The van der Waals surface area contributed by atoms with Crippen LogP contribution in [0, 0.1) is 17.8 Å². The molecular formula is C19H21ClN2O2S. The number of methoxy groups -OCH3 is 1. The Hall–Kier alpha value is -1.59. The number of carbonyl (C=O) groups is 1. The van der Waals surface area contributed by atoms with Gasteiger partial charge in [0.25, 0.3) is 0 Å². The Morgan fingerprint density at radius 3 is 2.96 bits per heavy atom. The number of nitrogens with zero attached hydrogens (tertiary/aromatic N) is 1. The standard InChI is InChI=1S/C19H21ClN2O2S/c1-24-17-5-4-13(8-15(17)20)16-10-25-19(21-16)22-18(23)9-14-7-11-2-3-12(14)6-11/h4-5,8,10-12,14H,2-3,6-7,9H2,1H3,(H,21,22,23). The largest absolute Gasteiger partial charge is 0.495 e. The summed E-state index contributed by atoms with van der Waals surface area (Å²) in [7, 11) is 1.59. The van der Waals surface area contributed by atoms with E-state index in [4.69, 9.17) is 16.3 Å². The lowest BCUT2D eigenvalue weighted by molar-refractivity contribution is -0.117. The third-order valence-electron chi connectivity index (χ3n) is 5.53. The highest BCUT2D eigenvalue weighted by molar-refractivity contribution is 7.14. The Kier molecular flexibility index (Phi) is 4.69. The molecule has 4 nitrogen and oxygen atoms in total. The van der Waals surface area contributed by atoms with Gasteiger partial charge in [0.15, 0.2) is 5.13 Å². The number of hydrogen-bond donors (Lipinski definition) is 1. The zero-order chi connectivity index (χ0) is 17.4. The van der Waals surface area contributed by atoms with E-state index in [0.717, 1.165) is 23.1 Å². The Labute approximate surface area is 156 Å². The van der Waals surface area contributed by atoms with Gasteiger partial charge in [-0.15, -0.1) is 11.3 Å². The zero-order valence-corrected chi connectivity index (χ0v) is 15.7. The molecule has 0 saturated heterocycles. The van der Waals surface area contributed by atoms with E-state index in [1.54, 1.807) is 7.11 Å². The number of hydrogen-bond acceptors (Lipinski definition) is 4. The first-order valence-corrected chi connectivity index (χ1v) is 9.97. The van der Waals surface area contributed by atoms with E-state index in [1.807, 2.05) is 23.6 Å². The van der Waals surface area contributed by atoms with Gasteiger partial charge in [0.1, 0.15) is 5.75 Å². The summed E-state index contributed by atoms with van der Waals surface area (Å²) in [5.41, 5.74) is 1.72. The molecule has 0 radical (unpaired) electrons. The van der Waals surface area contributed by atoms with Crippen LogP contribution < -0.4 is 10.1 Å². The number of nitrogens with one attached hydrogen (secondary N) is 1. The molecule has 2 bridgehead atoms. The van der Waals surface area contributed by atoms with Crippen LogP contribution in [-0.4, -0.2) is 18.0 Å². The molecule has 3 unspecified atom stereocenters. The monoisotopic (exact) mass is 376 g/mol. The zero-order valence-electron chi connectivity index (χ0n) is 14.1. The van der Waals surface area contributed by atoms with Gasteiger partial charge in [0, 0.05) is 17.4 Å². The topological polar surface area (TPSA) is 51.2 Å². The van der Waals surface area contributed by atoms with Crippen molar-refractivity contribution in [2.24, 2.45) is 17.8 Å². The molecule has 1 heterocycles. The molecule has 0 aliphatic heterocycles. The van der Waals surface area contributed by atoms with Gasteiger partial charge in [0.05, 0.1) is 17.8 Å². The molecule has 1 amide bonds. The Morgan fingerprint density at radius 1 is 1.40 bits per heavy atom. The lowest BCUT2D eigenvalue weighted by atomic mass is 9.86. The normalized spacial score (nSPS) is 24.5. The average Bonchev–Trinajstić information content (AvgIpc) is 3.31. The second kappa shape index (κ2) is 6.96. The Balaban J connectivity index is 1.39. The number of rotatable bonds is 5. The maximum atomic E-state index is 12.3. The van der Waals surface area contributed by atoms with Crippen LogP contribution in [0.5, 0.6) is 5.75 Å². The van der Waals surface area contributed by atoms with Gasteiger partial charge < -0.3 is 10.1 Å². The lowest BCUT2D eigenvalue weighted by Crippen LogP contribution is -2.20. The second-order valence-electron chi connectivity index (χ2n) is 7.07. The third kappa shape index (κ3) is 3.53. The molecule has 3 atom stereocenters. The van der Waals surface area contributed by atoms with Crippen LogP contribution in [-0.2, 0) is 4.79 Å². The predicted molar refractivity (Wildman–Crippen MR) is 101 cm³/mol. The number of ether oxygens (including phenoxy) is 1. The fraction of sp³-hybridized carbons (Fsp3) is 0.474. The molecule has 1 aromatic heterocycles. The minimum absolute atomic E-state index is 0.0891. The molecule has 2 aromatic rings. The molecule has 132 valence electrons. The first kappa shape index (κ1) is 16.9. The van der Waals surface area contributed by atoms with E-state index >= 15 is 0 Å². The molecule has 25 heavy (non-hydrogen) atoms. The lowest BCUT2D eigenvalue weighted by Gasteiger charge is -2.20. The summed E-state index contributed by atoms with van der Waals surface area (Å²) >= 11 is 7.62. The molecule has 2 saturated carbocycles. The van der Waals surface area contributed by atoms with E-state index in [-0.39, 0.29) is 5.91 Å². The fourth-order valence-corrected chi connectivity index (χ4v) is 5.32. The maximum absolute atomic E-state index is 12.3. The number of carbonyl (C=O) groups excluding carboxylic acids is 1. The van der Waals surface area contributed by atoms with Gasteiger partial charge in [-0.25, -0.2) is 4.98 Å². The molecule has 1 N–H and O–H groups in total. The van der Waals surface area contributed by atoms with Crippen LogP contribution >= 0.6 is 22.9 Å². The molecule has 0 spiro atoms. The van der Waals surface area contributed by atoms with Crippen molar-refractivity contribution < 1.29 is 9.53 Å². The molecular weight excluding hydrogens is 356 g/mol. The summed E-state index contributed by atoms with van der Waals surface area (Å²) in [6.07, 6.45) is 5.86. The molecule has 2 fully saturated rings. The minimum atomic E-state index is 0.0891. The number of halogens is 1. The highest BCUT2D eigenvalue weighted by Crippen LogP contribution is 2.49. The first-order valence-electron chi connectivity index (χ1n) is 8.71. The van der Waals surface area contributed by atoms with E-state index in [9.17, 15) is 4.79 Å². The van der Waals surface area contributed by atoms with E-state index in [2.05, 4.69) is 10.3 Å². The molecule has 4 rings (SSSR count). The van der Waals surface area contributed by atoms with Gasteiger partial charge >= 0.3 is 0 Å². The summed E-state index contributed by atoms with van der Waals surface area (Å²) in [5, 5.41) is 6.10. The van der Waals surface area contributed by atoms with E-state index in [0.29, 0.717) is 28.2 Å². The number of amides is 1. The van der Waals surface area contributed by atoms with Crippen molar-refractivity contribution in [3.8, 4) is 17.0 Å². The summed E-state index contributed by atoms with van der Waals surface area (Å²) < 4.78 is 5.17. The summed E-state index contributed by atoms with van der Waals surface area (Å²) in [6.45, 7) is 0. The van der Waals surface area contributed by atoms with E-state index < -0.39 is 0 Å². The molecule has 2 aliphatic carbocycles. The maximum Gasteiger partial charge on any atom is 0.226 e. The van der Waals surface area contributed by atoms with Gasteiger partial charge in [0.2, 0.25) is 5.91 Å². The van der Waals surface area contributed by atoms with Crippen molar-refractivity contribution in [2.45, 2.75) is 32.1 Å². The van der Waals surface area contributed by atoms with Crippen molar-refractivity contribution >= 4 is 34.0 Å². The van der Waals surface area contributed by atoms with E-state index in [1.165, 1.54) is 37.0 Å². The fourth-order valence-electron chi connectivity index (χ4n) is 4.32. The van der Waals surface area contributed by atoms with Crippen molar-refractivity contribution in [3.63, 3.8) is 0 Å². The molecule has 2 aliphatic rings. The van der Waals surface area contributed by atoms with Crippen molar-refractivity contribution in [1.82, 2.24) is 4.98 Å². The number of benzene rings is 1. The predicted octanol–water partition coefficient (Wildman–Crippen LogP) is 5.24. The van der Waals surface area contributed by atoms with Crippen molar-refractivity contribution in [3.05, 3.63) is 28.6 Å². The van der Waals surface area contributed by atoms with Crippen molar-refractivity contribution in [1.29, 1.82) is 0 Å². The van der Waals surface area contributed by atoms with Gasteiger partial charge in [-0.2, -0.15) is 0 Å². The summed E-state index contributed by atoms with van der Waals surface area (Å²) in [4.78, 5) is 16.9. The Morgan fingerprint density at radius 2 is 2.28 bits per heavy atom. The van der Waals surface area contributed by atoms with Gasteiger partial charge in [-0.05, 0) is 55.2 Å². The number of fused-ring (bicyclic) bond motifs is 2. The van der Waals surface area contributed by atoms with Crippen LogP contribution in [0.1, 0.15) is 32.1 Å². The summed E-state index contributed by atoms with van der Waals surface area (Å²) in [6, 6.07) is 5.57. The van der Waals surface area contributed by atoms with Gasteiger partial charge in [-0.1, -0.05) is 18.0 Å². The molecule has 1 aromatic carbocycles. The average molecular weight is 377 g/mol. The highest BCUT2D eigenvalue weighted by Gasteiger charge is 2.40. The smallest absolute Gasteiger partial charge is 0.226 e. The SMILES string of the molecule is COc1ccc(-c2csc(NC(=O)CC3CC4CCC3C4)n2)cc1Cl. The van der Waals surface area contributed by atoms with Crippen LogP contribution in [0.15, 0.2) is 23.6 Å². The van der Waals surface area contributed by atoms with Crippen molar-refractivity contribution in [2.75, 3.05) is 12.4 Å². The number of anilines is 1. The van der Waals surface area contributed by atoms with Crippen LogP contribution in [0.2, 0.25) is 5.02 Å². The highest BCUT2D eigenvalue weighted by atomic mass is 35.5. The number of aromatic nitrogens is 1. The molecule has 6 heteroatoms. The van der Waals surface area contributed by atoms with Crippen LogP contribution in [0.4, 0.5) is 5.13 Å². The Bertz CT molecular complexity index is 791. The second-order valence-corrected chi connectivity index (χ2v) is 8.34. The van der Waals surface area contributed by atoms with Crippen LogP contribution in [0.3, 0.4) is 0 Å². The summed E-state index contributed by atoms with van der Waals surface area (Å²) in [5.74, 6) is 2.93. The third-order valence-corrected chi connectivity index (χ3v) is 6.58. The first-order chi connectivity index (χ1) is 12.1. The van der Waals surface area contributed by atoms with Gasteiger partial charge in [-0.3, -0.25) is 4.79 Å². The van der Waals surface area contributed by atoms with Crippen LogP contribution in [0.25, 0.3) is 11.3 Å². The number of thiazole rings is 1. The quantitative estimate of drug-likeness (QED) is 0.776.